The maximum Gasteiger partial charge on any atom is 0.275 e. The van der Waals surface area contributed by atoms with Gasteiger partial charge >= 0.3 is 0 Å². The van der Waals surface area contributed by atoms with Crippen LogP contribution in [0.3, 0.4) is 0 Å². The van der Waals surface area contributed by atoms with Crippen LogP contribution in [0.25, 0.3) is 10.8 Å². The second-order valence-corrected chi connectivity index (χ2v) is 4.78. The first kappa shape index (κ1) is 13.5. The molecule has 0 unspecified atom stereocenters. The first-order valence-corrected chi connectivity index (χ1v) is 6.19. The Hall–Kier alpha value is -1.94. The minimum absolute atomic E-state index is 0.324. The summed E-state index contributed by atoms with van der Waals surface area (Å²) in [6.07, 6.45) is 0. The monoisotopic (exact) mass is 261 g/mol. The van der Waals surface area contributed by atoms with Gasteiger partial charge in [-0.2, -0.15) is 0 Å². The maximum absolute atomic E-state index is 13.6. The molecule has 2 rings (SSSR count). The van der Waals surface area contributed by atoms with Gasteiger partial charge in [-0.1, -0.05) is 38.1 Å². The van der Waals surface area contributed by atoms with Crippen LogP contribution in [0.2, 0.25) is 0 Å². The molecule has 0 aromatic heterocycles. The molecule has 3 nitrogen and oxygen atoms in total. The molecular weight excluding hydrogens is 245 g/mol. The fourth-order valence-corrected chi connectivity index (χ4v) is 1.79. The topological polar surface area (TPSA) is 38.3 Å². The predicted molar refractivity (Wildman–Crippen MR) is 72.2 cm³/mol. The van der Waals surface area contributed by atoms with E-state index in [9.17, 15) is 9.18 Å². The molecule has 0 radical (unpaired) electrons. The number of carbonyl (C=O) groups excluding carboxylic acids is 1. The van der Waals surface area contributed by atoms with E-state index in [0.717, 1.165) is 0 Å². The van der Waals surface area contributed by atoms with Crippen molar-refractivity contribution in [1.29, 1.82) is 0 Å². The summed E-state index contributed by atoms with van der Waals surface area (Å²) in [5, 5.41) is 1.01. The van der Waals surface area contributed by atoms with Gasteiger partial charge in [0, 0.05) is 10.9 Å². The van der Waals surface area contributed by atoms with Crippen molar-refractivity contribution in [3.05, 3.63) is 47.8 Å². The van der Waals surface area contributed by atoms with Crippen LogP contribution >= 0.6 is 0 Å². The molecule has 4 heteroatoms. The van der Waals surface area contributed by atoms with Crippen molar-refractivity contribution in [2.24, 2.45) is 5.92 Å². The highest BCUT2D eigenvalue weighted by Gasteiger charge is 2.12. The number of rotatable bonds is 4. The highest BCUT2D eigenvalue weighted by Crippen LogP contribution is 2.21. The maximum atomic E-state index is 13.6. The molecule has 0 atom stereocenters. The molecule has 0 saturated heterocycles. The third-order valence-corrected chi connectivity index (χ3v) is 2.70. The molecule has 1 amide bonds. The Morgan fingerprint density at radius 2 is 1.89 bits per heavy atom. The van der Waals surface area contributed by atoms with Gasteiger partial charge in [0.05, 0.1) is 6.61 Å². The molecule has 0 bridgehead atoms. The summed E-state index contributed by atoms with van der Waals surface area (Å²) >= 11 is 0. The van der Waals surface area contributed by atoms with Gasteiger partial charge in [0.2, 0.25) is 0 Å². The van der Waals surface area contributed by atoms with Crippen LogP contribution in [0, 0.1) is 11.7 Å². The quantitative estimate of drug-likeness (QED) is 0.858. The van der Waals surface area contributed by atoms with Crippen molar-refractivity contribution >= 4 is 16.7 Å². The Morgan fingerprint density at radius 3 is 2.58 bits per heavy atom. The van der Waals surface area contributed by atoms with Gasteiger partial charge in [-0.25, -0.2) is 9.87 Å². The predicted octanol–water partition coefficient (Wildman–Crippen LogP) is 3.30. The number of nitrogens with one attached hydrogen (secondary N) is 1. The molecule has 0 saturated carbocycles. The van der Waals surface area contributed by atoms with E-state index in [2.05, 4.69) is 5.48 Å². The zero-order chi connectivity index (χ0) is 13.8. The van der Waals surface area contributed by atoms with Gasteiger partial charge in [0.15, 0.2) is 0 Å². The minimum atomic E-state index is -0.364. The van der Waals surface area contributed by atoms with Crippen molar-refractivity contribution in [3.8, 4) is 0 Å². The second kappa shape index (κ2) is 5.80. The Kier molecular flexibility index (Phi) is 4.12. The van der Waals surface area contributed by atoms with Crippen LogP contribution in [0.1, 0.15) is 24.2 Å². The van der Waals surface area contributed by atoms with E-state index in [4.69, 9.17) is 4.84 Å². The number of halogens is 1. The Labute approximate surface area is 111 Å². The minimum Gasteiger partial charge on any atom is -0.273 e. The van der Waals surface area contributed by atoms with Crippen LogP contribution in [0.15, 0.2) is 36.4 Å². The zero-order valence-electron chi connectivity index (χ0n) is 10.9. The Morgan fingerprint density at radius 1 is 1.21 bits per heavy atom. The zero-order valence-corrected chi connectivity index (χ0v) is 10.9. The van der Waals surface area contributed by atoms with Crippen LogP contribution in [-0.4, -0.2) is 12.5 Å². The summed E-state index contributed by atoms with van der Waals surface area (Å²) in [4.78, 5) is 17.1. The van der Waals surface area contributed by atoms with Crippen molar-refractivity contribution in [2.45, 2.75) is 13.8 Å². The average molecular weight is 261 g/mol. The summed E-state index contributed by atoms with van der Waals surface area (Å²) in [5.41, 5.74) is 2.78. The van der Waals surface area contributed by atoms with Crippen LogP contribution < -0.4 is 5.48 Å². The lowest BCUT2D eigenvalue weighted by Crippen LogP contribution is -2.25. The summed E-state index contributed by atoms with van der Waals surface area (Å²) in [5.74, 6) is -0.377. The molecule has 0 fully saturated rings. The molecule has 2 aromatic carbocycles. The van der Waals surface area contributed by atoms with Crippen molar-refractivity contribution < 1.29 is 14.0 Å². The Balaban J connectivity index is 2.25. The largest absolute Gasteiger partial charge is 0.275 e. The van der Waals surface area contributed by atoms with Crippen LogP contribution in [0.5, 0.6) is 0 Å². The van der Waals surface area contributed by atoms with Crippen molar-refractivity contribution in [3.63, 3.8) is 0 Å². The van der Waals surface area contributed by atoms with E-state index in [-0.39, 0.29) is 11.7 Å². The number of hydrogen-bond donors (Lipinski definition) is 1. The fourth-order valence-electron chi connectivity index (χ4n) is 1.79. The SMILES string of the molecule is CC(C)CONC(=O)c1ccc(F)c2ccccc12. The van der Waals surface area contributed by atoms with E-state index in [1.807, 2.05) is 13.8 Å². The van der Waals surface area contributed by atoms with Gasteiger partial charge in [0.25, 0.3) is 5.91 Å². The number of amides is 1. The van der Waals surface area contributed by atoms with E-state index >= 15 is 0 Å². The number of hydroxylamine groups is 1. The molecule has 19 heavy (non-hydrogen) atoms. The van der Waals surface area contributed by atoms with Gasteiger partial charge in [0.1, 0.15) is 5.82 Å². The van der Waals surface area contributed by atoms with E-state index < -0.39 is 0 Å². The van der Waals surface area contributed by atoms with Crippen molar-refractivity contribution in [1.82, 2.24) is 5.48 Å². The van der Waals surface area contributed by atoms with E-state index in [1.54, 1.807) is 24.3 Å². The number of benzene rings is 2. The van der Waals surface area contributed by atoms with Gasteiger partial charge in [-0.15, -0.1) is 0 Å². The fraction of sp³-hybridized carbons (Fsp3) is 0.267. The van der Waals surface area contributed by atoms with Gasteiger partial charge in [-0.05, 0) is 23.4 Å². The third kappa shape index (κ3) is 3.09. The first-order chi connectivity index (χ1) is 9.09. The van der Waals surface area contributed by atoms with E-state index in [0.29, 0.717) is 28.9 Å². The lowest BCUT2D eigenvalue weighted by molar-refractivity contribution is 0.0210. The normalized spacial score (nSPS) is 10.9. The highest BCUT2D eigenvalue weighted by atomic mass is 19.1. The van der Waals surface area contributed by atoms with Gasteiger partial charge in [-0.3, -0.25) is 9.63 Å². The summed E-state index contributed by atoms with van der Waals surface area (Å²) in [7, 11) is 0. The molecular formula is C15H16FNO2. The number of carbonyl (C=O) groups is 1. The van der Waals surface area contributed by atoms with Gasteiger partial charge < -0.3 is 0 Å². The standard InChI is InChI=1S/C15H16FNO2/c1-10(2)9-19-17-15(18)13-7-8-14(16)12-6-4-3-5-11(12)13/h3-8,10H,9H2,1-2H3,(H,17,18). The summed E-state index contributed by atoms with van der Waals surface area (Å²) in [6.45, 7) is 4.41. The lowest BCUT2D eigenvalue weighted by atomic mass is 10.0. The molecule has 0 spiro atoms. The van der Waals surface area contributed by atoms with E-state index in [1.165, 1.54) is 12.1 Å². The number of fused-ring (bicyclic) bond motifs is 1. The lowest BCUT2D eigenvalue weighted by Gasteiger charge is -2.10. The Bertz CT molecular complexity index is 596. The van der Waals surface area contributed by atoms with Crippen LogP contribution in [-0.2, 0) is 4.84 Å². The molecule has 0 aliphatic carbocycles. The third-order valence-electron chi connectivity index (χ3n) is 2.70. The first-order valence-electron chi connectivity index (χ1n) is 6.19. The summed E-state index contributed by atoms with van der Waals surface area (Å²) in [6, 6.07) is 9.63. The average Bonchev–Trinajstić information content (AvgIpc) is 2.39. The highest BCUT2D eigenvalue weighted by molar-refractivity contribution is 6.06. The number of hydrogen-bond acceptors (Lipinski definition) is 2. The van der Waals surface area contributed by atoms with Crippen LogP contribution in [0.4, 0.5) is 4.39 Å². The molecule has 100 valence electrons. The molecule has 0 aliphatic rings. The molecule has 0 aliphatic heterocycles. The summed E-state index contributed by atoms with van der Waals surface area (Å²) < 4.78 is 13.6. The smallest absolute Gasteiger partial charge is 0.273 e. The molecule has 2 aromatic rings. The van der Waals surface area contributed by atoms with Crippen molar-refractivity contribution in [2.75, 3.05) is 6.61 Å². The molecule has 1 N–H and O–H groups in total. The molecule has 0 heterocycles. The second-order valence-electron chi connectivity index (χ2n) is 4.78.